The Morgan fingerprint density at radius 1 is 1.24 bits per heavy atom. The first-order valence-electron chi connectivity index (χ1n) is 6.20. The first-order valence-corrected chi connectivity index (χ1v) is 6.20. The van der Waals surface area contributed by atoms with Gasteiger partial charge in [0.05, 0.1) is 0 Å². The fourth-order valence-corrected chi connectivity index (χ4v) is 2.07. The van der Waals surface area contributed by atoms with Gasteiger partial charge in [0.1, 0.15) is 0 Å². The minimum atomic E-state index is -0.762. The van der Waals surface area contributed by atoms with E-state index in [-0.39, 0.29) is 6.04 Å². The molecule has 96 valence electrons. The third-order valence-electron chi connectivity index (χ3n) is 2.75. The third-order valence-corrected chi connectivity index (χ3v) is 2.75. The Kier molecular flexibility index (Phi) is 5.56. The van der Waals surface area contributed by atoms with Gasteiger partial charge in [0.2, 0.25) is 0 Å². The van der Waals surface area contributed by atoms with Gasteiger partial charge >= 0.3 is 0 Å². The van der Waals surface area contributed by atoms with E-state index in [1.54, 1.807) is 12.1 Å². The van der Waals surface area contributed by atoms with E-state index in [1.165, 1.54) is 0 Å². The van der Waals surface area contributed by atoms with Crippen LogP contribution < -0.4 is 5.32 Å². The highest BCUT2D eigenvalue weighted by Crippen LogP contribution is 2.16. The van der Waals surface area contributed by atoms with E-state index < -0.39 is 11.6 Å². The molecule has 0 radical (unpaired) electrons. The standard InChI is InChI=1S/C14H21F2N/c1-4-17-12(8-10(2)3)9-11-6-5-7-13(15)14(11)16/h5-7,10,12,17H,4,8-9H2,1-3H3. The summed E-state index contributed by atoms with van der Waals surface area (Å²) in [6.45, 7) is 7.13. The van der Waals surface area contributed by atoms with Gasteiger partial charge in [-0.3, -0.25) is 0 Å². The molecule has 0 amide bonds. The molecule has 0 heterocycles. The summed E-state index contributed by atoms with van der Waals surface area (Å²) in [6.07, 6.45) is 1.50. The maximum Gasteiger partial charge on any atom is 0.162 e. The Hall–Kier alpha value is -0.960. The van der Waals surface area contributed by atoms with Crippen molar-refractivity contribution in [2.75, 3.05) is 6.54 Å². The van der Waals surface area contributed by atoms with Crippen molar-refractivity contribution in [1.82, 2.24) is 5.32 Å². The second-order valence-corrected chi connectivity index (χ2v) is 4.80. The van der Waals surface area contributed by atoms with Crippen molar-refractivity contribution < 1.29 is 8.78 Å². The Morgan fingerprint density at radius 2 is 1.94 bits per heavy atom. The van der Waals surface area contributed by atoms with Crippen LogP contribution in [-0.2, 0) is 6.42 Å². The molecule has 0 saturated carbocycles. The molecule has 1 nitrogen and oxygen atoms in total. The van der Waals surface area contributed by atoms with Gasteiger partial charge in [-0.2, -0.15) is 0 Å². The first kappa shape index (κ1) is 14.1. The van der Waals surface area contributed by atoms with E-state index in [2.05, 4.69) is 19.2 Å². The molecule has 1 rings (SSSR count). The smallest absolute Gasteiger partial charge is 0.162 e. The number of likely N-dealkylation sites (N-methyl/N-ethyl adjacent to an activating group) is 1. The molecule has 0 aliphatic rings. The average Bonchev–Trinajstić information content (AvgIpc) is 2.24. The third kappa shape index (κ3) is 4.43. The van der Waals surface area contributed by atoms with Crippen LogP contribution in [0.2, 0.25) is 0 Å². The second-order valence-electron chi connectivity index (χ2n) is 4.80. The summed E-state index contributed by atoms with van der Waals surface area (Å²) in [5, 5.41) is 3.32. The van der Waals surface area contributed by atoms with Gasteiger partial charge in [0, 0.05) is 6.04 Å². The van der Waals surface area contributed by atoms with Crippen LogP contribution in [0.15, 0.2) is 18.2 Å². The fourth-order valence-electron chi connectivity index (χ4n) is 2.07. The quantitative estimate of drug-likeness (QED) is 0.803. The first-order chi connectivity index (χ1) is 8.04. The lowest BCUT2D eigenvalue weighted by molar-refractivity contribution is 0.413. The Labute approximate surface area is 102 Å². The molecule has 1 N–H and O–H groups in total. The summed E-state index contributed by atoms with van der Waals surface area (Å²) in [5.74, 6) is -0.933. The number of hydrogen-bond acceptors (Lipinski definition) is 1. The average molecular weight is 241 g/mol. The van der Waals surface area contributed by atoms with Gasteiger partial charge in [0.25, 0.3) is 0 Å². The van der Waals surface area contributed by atoms with Crippen molar-refractivity contribution in [2.24, 2.45) is 5.92 Å². The van der Waals surface area contributed by atoms with Crippen LogP contribution in [0.5, 0.6) is 0 Å². The molecule has 1 aromatic carbocycles. The van der Waals surface area contributed by atoms with E-state index in [0.717, 1.165) is 19.0 Å². The Morgan fingerprint density at radius 3 is 2.53 bits per heavy atom. The van der Waals surface area contributed by atoms with Crippen molar-refractivity contribution in [1.29, 1.82) is 0 Å². The van der Waals surface area contributed by atoms with Crippen LogP contribution in [0, 0.1) is 17.6 Å². The van der Waals surface area contributed by atoms with Crippen molar-refractivity contribution in [3.05, 3.63) is 35.4 Å². The van der Waals surface area contributed by atoms with E-state index in [1.807, 2.05) is 6.92 Å². The predicted molar refractivity (Wildman–Crippen MR) is 67.0 cm³/mol. The van der Waals surface area contributed by atoms with Crippen LogP contribution in [-0.4, -0.2) is 12.6 Å². The molecular formula is C14H21F2N. The summed E-state index contributed by atoms with van der Waals surface area (Å²) in [7, 11) is 0. The van der Waals surface area contributed by atoms with Gasteiger partial charge in [-0.05, 0) is 36.9 Å². The highest BCUT2D eigenvalue weighted by molar-refractivity contribution is 5.20. The van der Waals surface area contributed by atoms with Crippen LogP contribution in [0.3, 0.4) is 0 Å². The zero-order valence-electron chi connectivity index (χ0n) is 10.8. The molecule has 17 heavy (non-hydrogen) atoms. The molecule has 1 atom stereocenters. The van der Waals surface area contributed by atoms with E-state index >= 15 is 0 Å². The lowest BCUT2D eigenvalue weighted by atomic mass is 9.97. The highest BCUT2D eigenvalue weighted by Gasteiger charge is 2.14. The molecule has 0 spiro atoms. The lowest BCUT2D eigenvalue weighted by Gasteiger charge is -2.20. The van der Waals surface area contributed by atoms with Crippen molar-refractivity contribution in [3.8, 4) is 0 Å². The number of hydrogen-bond donors (Lipinski definition) is 1. The molecule has 1 aromatic rings. The van der Waals surface area contributed by atoms with Crippen molar-refractivity contribution in [3.63, 3.8) is 0 Å². The maximum absolute atomic E-state index is 13.5. The van der Waals surface area contributed by atoms with Crippen LogP contribution >= 0.6 is 0 Å². The van der Waals surface area contributed by atoms with Crippen molar-refractivity contribution >= 4 is 0 Å². The Balaban J connectivity index is 2.74. The van der Waals surface area contributed by atoms with Crippen LogP contribution in [0.4, 0.5) is 8.78 Å². The summed E-state index contributed by atoms with van der Waals surface area (Å²) in [4.78, 5) is 0. The van der Waals surface area contributed by atoms with E-state index in [0.29, 0.717) is 17.9 Å². The van der Waals surface area contributed by atoms with E-state index in [4.69, 9.17) is 0 Å². The summed E-state index contributed by atoms with van der Waals surface area (Å²) >= 11 is 0. The largest absolute Gasteiger partial charge is 0.314 e. The van der Waals surface area contributed by atoms with Gasteiger partial charge in [-0.25, -0.2) is 8.78 Å². The zero-order chi connectivity index (χ0) is 12.8. The molecule has 0 fully saturated rings. The van der Waals surface area contributed by atoms with Crippen LogP contribution in [0.1, 0.15) is 32.8 Å². The minimum Gasteiger partial charge on any atom is -0.314 e. The molecular weight excluding hydrogens is 220 g/mol. The van der Waals surface area contributed by atoms with Crippen molar-refractivity contribution in [2.45, 2.75) is 39.7 Å². The number of benzene rings is 1. The lowest BCUT2D eigenvalue weighted by Crippen LogP contribution is -2.32. The molecule has 0 saturated heterocycles. The molecule has 0 aliphatic carbocycles. The maximum atomic E-state index is 13.5. The Bertz CT molecular complexity index is 350. The summed E-state index contributed by atoms with van der Waals surface area (Å²) < 4.78 is 26.6. The number of rotatable bonds is 6. The van der Waals surface area contributed by atoms with Gasteiger partial charge in [0.15, 0.2) is 11.6 Å². The molecule has 0 bridgehead atoms. The molecule has 3 heteroatoms. The monoisotopic (exact) mass is 241 g/mol. The number of nitrogens with one attached hydrogen (secondary N) is 1. The fraction of sp³-hybridized carbons (Fsp3) is 0.571. The number of halogens is 2. The van der Waals surface area contributed by atoms with Crippen LogP contribution in [0.25, 0.3) is 0 Å². The molecule has 0 aromatic heterocycles. The predicted octanol–water partition coefficient (Wildman–Crippen LogP) is 3.53. The van der Waals surface area contributed by atoms with E-state index in [9.17, 15) is 8.78 Å². The minimum absolute atomic E-state index is 0.205. The second kappa shape index (κ2) is 6.70. The molecule has 1 unspecified atom stereocenters. The van der Waals surface area contributed by atoms with Gasteiger partial charge in [-0.1, -0.05) is 32.9 Å². The zero-order valence-corrected chi connectivity index (χ0v) is 10.8. The normalized spacial score (nSPS) is 13.1. The topological polar surface area (TPSA) is 12.0 Å². The molecule has 0 aliphatic heterocycles. The highest BCUT2D eigenvalue weighted by atomic mass is 19.2. The van der Waals surface area contributed by atoms with Gasteiger partial charge in [-0.15, -0.1) is 0 Å². The van der Waals surface area contributed by atoms with Gasteiger partial charge < -0.3 is 5.32 Å². The summed E-state index contributed by atoms with van der Waals surface area (Å²) in [6, 6.07) is 4.58. The summed E-state index contributed by atoms with van der Waals surface area (Å²) in [5.41, 5.74) is 0.455. The SMILES string of the molecule is CCNC(Cc1cccc(F)c1F)CC(C)C.